The van der Waals surface area contributed by atoms with Gasteiger partial charge in [-0.05, 0) is 0 Å². The minimum absolute atomic E-state index is 0. The molecule has 0 aliphatic heterocycles. The van der Waals surface area contributed by atoms with E-state index in [1.54, 1.807) is 0 Å². The summed E-state index contributed by atoms with van der Waals surface area (Å²) in [5.41, 5.74) is 0. The smallest absolute Gasteiger partial charge is 1.00 e. The second-order valence-corrected chi connectivity index (χ2v) is 0.964. The number of hydrogen-bond acceptors (Lipinski definition) is 2. The maximum atomic E-state index is 9.43. The minimum Gasteiger partial charge on any atom is -1.00 e. The molecule has 0 unspecified atom stereocenters. The molecular formula is C3H5FeNaO4. The Bertz CT molecular complexity index is 96.7. The van der Waals surface area contributed by atoms with Gasteiger partial charge in [-0.2, -0.15) is 0 Å². The molecule has 9 heavy (non-hydrogen) atoms. The van der Waals surface area contributed by atoms with Gasteiger partial charge < -0.3 is 11.6 Å². The van der Waals surface area contributed by atoms with Crippen LogP contribution in [0.15, 0.2) is 0 Å². The molecule has 0 saturated carbocycles. The average molecular weight is 184 g/mol. The van der Waals surface area contributed by atoms with Crippen LogP contribution in [0.1, 0.15) is 7.85 Å². The summed E-state index contributed by atoms with van der Waals surface area (Å²) in [5.74, 6) is -2.62. The van der Waals surface area contributed by atoms with E-state index in [4.69, 9.17) is 10.2 Å². The van der Waals surface area contributed by atoms with Gasteiger partial charge in [0.15, 0.2) is 0 Å². The first kappa shape index (κ1) is 16.2. The summed E-state index contributed by atoms with van der Waals surface area (Å²) in [4.78, 5) is 18.9. The van der Waals surface area contributed by atoms with Gasteiger partial charge >= 0.3 is 41.5 Å². The Morgan fingerprint density at radius 2 is 1.44 bits per heavy atom. The molecule has 0 heterocycles. The Kier molecular flexibility index (Phi) is 15.2. The second kappa shape index (κ2) is 8.46. The molecule has 0 aromatic carbocycles. The Morgan fingerprint density at radius 1 is 1.22 bits per heavy atom. The number of carbonyl (C=O) groups is 2. The van der Waals surface area contributed by atoms with Crippen LogP contribution in [0.5, 0.6) is 0 Å². The third-order valence-corrected chi connectivity index (χ3v) is 0.302. The maximum absolute atomic E-state index is 9.43. The molecule has 0 aliphatic rings. The van der Waals surface area contributed by atoms with Crippen LogP contribution in [-0.2, 0) is 26.7 Å². The van der Waals surface area contributed by atoms with Crippen LogP contribution in [0, 0.1) is 0 Å². The monoisotopic (exact) mass is 184 g/mol. The standard InChI is InChI=1S/C3H4O4.Fe.Na.H/c4-2(5)1-3(6)7;;;/h1H2,(H,4,5)(H,6,7);;;/q;;+1;-1. The molecule has 0 atom stereocenters. The zero-order valence-electron chi connectivity index (χ0n) is 5.77. The topological polar surface area (TPSA) is 74.6 Å². The van der Waals surface area contributed by atoms with E-state index in [1.165, 1.54) is 0 Å². The SMILES string of the molecule is O=C(O)CC(=O)O.[Fe].[H-].[Na+]. The van der Waals surface area contributed by atoms with E-state index in [9.17, 15) is 9.59 Å². The molecule has 2 N–H and O–H groups in total. The van der Waals surface area contributed by atoms with Crippen molar-refractivity contribution in [3.8, 4) is 0 Å². The minimum atomic E-state index is -1.31. The van der Waals surface area contributed by atoms with Crippen molar-refractivity contribution in [3.05, 3.63) is 0 Å². The van der Waals surface area contributed by atoms with Crippen LogP contribution in [0.2, 0.25) is 0 Å². The molecule has 0 aliphatic carbocycles. The molecule has 0 bridgehead atoms. The molecule has 0 amide bonds. The zero-order chi connectivity index (χ0) is 5.86. The molecule has 0 spiro atoms. The zero-order valence-corrected chi connectivity index (χ0v) is 7.88. The van der Waals surface area contributed by atoms with Crippen molar-refractivity contribution in [2.75, 3.05) is 0 Å². The van der Waals surface area contributed by atoms with Crippen molar-refractivity contribution < 1.29 is 67.9 Å². The van der Waals surface area contributed by atoms with Crippen molar-refractivity contribution >= 4 is 11.9 Å². The summed E-state index contributed by atoms with van der Waals surface area (Å²) in [6.07, 6.45) is -0.806. The molecule has 0 saturated heterocycles. The van der Waals surface area contributed by atoms with Crippen molar-refractivity contribution in [2.24, 2.45) is 0 Å². The predicted molar refractivity (Wildman–Crippen MR) is 21.0 cm³/mol. The van der Waals surface area contributed by atoms with E-state index in [-0.39, 0.29) is 48.1 Å². The first-order valence-corrected chi connectivity index (χ1v) is 1.56. The molecular weight excluding hydrogens is 179 g/mol. The summed E-state index contributed by atoms with van der Waals surface area (Å²) in [6.45, 7) is 0. The van der Waals surface area contributed by atoms with Crippen LogP contribution in [-0.4, -0.2) is 22.2 Å². The quantitative estimate of drug-likeness (QED) is 0.347. The number of rotatable bonds is 2. The molecule has 0 rings (SSSR count). The van der Waals surface area contributed by atoms with Crippen molar-refractivity contribution in [2.45, 2.75) is 6.42 Å². The fourth-order valence-corrected chi connectivity index (χ4v) is 0.129. The third-order valence-electron chi connectivity index (χ3n) is 0.302. The molecule has 0 radical (unpaired) electrons. The number of hydrogen-bond donors (Lipinski definition) is 2. The van der Waals surface area contributed by atoms with Gasteiger partial charge in [-0.3, -0.25) is 9.59 Å². The van der Waals surface area contributed by atoms with Crippen molar-refractivity contribution in [1.29, 1.82) is 0 Å². The molecule has 0 fully saturated rings. The largest absolute Gasteiger partial charge is 1.00 e. The van der Waals surface area contributed by atoms with Gasteiger partial charge in [0.25, 0.3) is 0 Å². The maximum Gasteiger partial charge on any atom is 1.00 e. The fourth-order valence-electron chi connectivity index (χ4n) is 0.129. The first-order valence-electron chi connectivity index (χ1n) is 1.56. The Hall–Kier alpha value is 0.459. The Balaban J connectivity index is -0.0000000600. The Morgan fingerprint density at radius 3 is 1.44 bits per heavy atom. The van der Waals surface area contributed by atoms with Gasteiger partial charge in [-0.15, -0.1) is 0 Å². The molecule has 4 nitrogen and oxygen atoms in total. The van der Waals surface area contributed by atoms with Gasteiger partial charge in [0.05, 0.1) is 0 Å². The van der Waals surface area contributed by atoms with Crippen LogP contribution in [0.4, 0.5) is 0 Å². The van der Waals surface area contributed by atoms with E-state index in [1.807, 2.05) is 0 Å². The first-order chi connectivity index (χ1) is 3.13. The molecule has 50 valence electrons. The predicted octanol–water partition coefficient (Wildman–Crippen LogP) is -3.34. The molecule has 0 aromatic heterocycles. The molecule has 6 heteroatoms. The van der Waals surface area contributed by atoms with E-state index in [0.717, 1.165) is 0 Å². The number of carboxylic acid groups (broad SMARTS) is 2. The fraction of sp³-hybridized carbons (Fsp3) is 0.333. The van der Waals surface area contributed by atoms with Crippen LogP contribution in [0.25, 0.3) is 0 Å². The van der Waals surface area contributed by atoms with Gasteiger partial charge in [0.1, 0.15) is 6.42 Å². The van der Waals surface area contributed by atoms with Gasteiger partial charge in [0.2, 0.25) is 0 Å². The third kappa shape index (κ3) is 17.7. The van der Waals surface area contributed by atoms with E-state index in [0.29, 0.717) is 0 Å². The van der Waals surface area contributed by atoms with Crippen LogP contribution >= 0.6 is 0 Å². The summed E-state index contributed by atoms with van der Waals surface area (Å²) < 4.78 is 0. The van der Waals surface area contributed by atoms with Crippen molar-refractivity contribution in [1.82, 2.24) is 0 Å². The van der Waals surface area contributed by atoms with E-state index >= 15 is 0 Å². The molecule has 0 aromatic rings. The van der Waals surface area contributed by atoms with Crippen LogP contribution < -0.4 is 29.6 Å². The van der Waals surface area contributed by atoms with Gasteiger partial charge in [0, 0.05) is 17.1 Å². The average Bonchev–Trinajstić information content (AvgIpc) is 1.27. The van der Waals surface area contributed by atoms with E-state index in [2.05, 4.69) is 0 Å². The van der Waals surface area contributed by atoms with Gasteiger partial charge in [-0.25, -0.2) is 0 Å². The second-order valence-electron chi connectivity index (χ2n) is 0.964. The number of carboxylic acids is 2. The number of aliphatic carboxylic acids is 2. The summed E-state index contributed by atoms with van der Waals surface area (Å²) in [7, 11) is 0. The summed E-state index contributed by atoms with van der Waals surface area (Å²) in [6, 6.07) is 0. The van der Waals surface area contributed by atoms with Gasteiger partial charge in [-0.1, -0.05) is 0 Å². The summed E-state index contributed by atoms with van der Waals surface area (Å²) in [5, 5.41) is 15.4. The van der Waals surface area contributed by atoms with E-state index < -0.39 is 18.4 Å². The van der Waals surface area contributed by atoms with Crippen LogP contribution in [0.3, 0.4) is 0 Å². The summed E-state index contributed by atoms with van der Waals surface area (Å²) >= 11 is 0. The Labute approximate surface area is 85.9 Å². The van der Waals surface area contributed by atoms with Crippen molar-refractivity contribution in [3.63, 3.8) is 0 Å². The normalized spacial score (nSPS) is 6.22.